The Morgan fingerprint density at radius 1 is 1.47 bits per heavy atom. The molecular formula is C12H17BrN2. The average molecular weight is 269 g/mol. The van der Waals surface area contributed by atoms with Crippen molar-refractivity contribution in [2.45, 2.75) is 12.5 Å². The van der Waals surface area contributed by atoms with Crippen molar-refractivity contribution in [2.75, 3.05) is 20.1 Å². The van der Waals surface area contributed by atoms with Gasteiger partial charge in [-0.1, -0.05) is 34.1 Å². The Labute approximate surface area is 99.6 Å². The number of nitrogens with one attached hydrogen (secondary N) is 2. The molecule has 2 nitrogen and oxygen atoms in total. The van der Waals surface area contributed by atoms with Gasteiger partial charge in [0.25, 0.3) is 0 Å². The van der Waals surface area contributed by atoms with E-state index in [-0.39, 0.29) is 0 Å². The van der Waals surface area contributed by atoms with Gasteiger partial charge >= 0.3 is 0 Å². The second-order valence-corrected chi connectivity index (χ2v) is 4.90. The van der Waals surface area contributed by atoms with Gasteiger partial charge in [-0.3, -0.25) is 0 Å². The summed E-state index contributed by atoms with van der Waals surface area (Å²) < 4.78 is 1.20. The standard InChI is InChI=1S/C12H17BrN2/c1-14-12(9-6-7-15-8-9)10-4-2-3-5-11(10)13/h2-5,9,12,14-15H,6-8H2,1H3. The zero-order chi connectivity index (χ0) is 10.7. The van der Waals surface area contributed by atoms with Gasteiger partial charge in [0.15, 0.2) is 0 Å². The van der Waals surface area contributed by atoms with Gasteiger partial charge in [0.05, 0.1) is 0 Å². The molecule has 2 rings (SSSR count). The lowest BCUT2D eigenvalue weighted by Crippen LogP contribution is -2.27. The molecule has 1 fully saturated rings. The van der Waals surface area contributed by atoms with Crippen molar-refractivity contribution in [1.29, 1.82) is 0 Å². The SMILES string of the molecule is CNC(c1ccccc1Br)C1CCNC1. The predicted octanol–water partition coefficient (Wildman–Crippen LogP) is 2.32. The Kier molecular flexibility index (Phi) is 3.78. The molecule has 0 aliphatic carbocycles. The summed E-state index contributed by atoms with van der Waals surface area (Å²) in [7, 11) is 2.04. The Balaban J connectivity index is 2.22. The van der Waals surface area contributed by atoms with Gasteiger partial charge in [0, 0.05) is 10.5 Å². The fourth-order valence-corrected chi connectivity index (χ4v) is 2.87. The van der Waals surface area contributed by atoms with Crippen molar-refractivity contribution in [2.24, 2.45) is 5.92 Å². The van der Waals surface area contributed by atoms with Crippen LogP contribution in [0.15, 0.2) is 28.7 Å². The van der Waals surface area contributed by atoms with Crippen LogP contribution in [-0.2, 0) is 0 Å². The van der Waals surface area contributed by atoms with Gasteiger partial charge in [-0.25, -0.2) is 0 Å². The molecule has 82 valence electrons. The molecule has 0 bridgehead atoms. The normalized spacial score (nSPS) is 22.9. The Bertz CT molecular complexity index is 321. The fourth-order valence-electron chi connectivity index (χ4n) is 2.33. The van der Waals surface area contributed by atoms with Crippen molar-refractivity contribution in [3.8, 4) is 0 Å². The van der Waals surface area contributed by atoms with Gasteiger partial charge in [0.2, 0.25) is 0 Å². The van der Waals surface area contributed by atoms with Crippen LogP contribution in [0.25, 0.3) is 0 Å². The van der Waals surface area contributed by atoms with Crippen LogP contribution in [0.5, 0.6) is 0 Å². The summed E-state index contributed by atoms with van der Waals surface area (Å²) in [6.45, 7) is 2.26. The molecule has 0 spiro atoms. The summed E-state index contributed by atoms with van der Waals surface area (Å²) in [4.78, 5) is 0. The van der Waals surface area contributed by atoms with Crippen molar-refractivity contribution in [3.63, 3.8) is 0 Å². The molecule has 3 heteroatoms. The second kappa shape index (κ2) is 5.10. The maximum Gasteiger partial charge on any atom is 0.0370 e. The third-order valence-electron chi connectivity index (χ3n) is 3.12. The van der Waals surface area contributed by atoms with Crippen LogP contribution in [0.4, 0.5) is 0 Å². The summed E-state index contributed by atoms with van der Waals surface area (Å²) in [6.07, 6.45) is 1.26. The first-order chi connectivity index (χ1) is 7.33. The number of hydrogen-bond acceptors (Lipinski definition) is 2. The predicted molar refractivity (Wildman–Crippen MR) is 66.9 cm³/mol. The summed E-state index contributed by atoms with van der Waals surface area (Å²) in [5, 5.41) is 6.85. The highest BCUT2D eigenvalue weighted by Gasteiger charge is 2.25. The molecule has 0 radical (unpaired) electrons. The van der Waals surface area contributed by atoms with Crippen LogP contribution in [0, 0.1) is 5.92 Å². The monoisotopic (exact) mass is 268 g/mol. The minimum atomic E-state index is 0.454. The van der Waals surface area contributed by atoms with Crippen LogP contribution in [0.1, 0.15) is 18.0 Å². The molecule has 0 aromatic heterocycles. The number of hydrogen-bond donors (Lipinski definition) is 2. The van der Waals surface area contributed by atoms with Crippen molar-refractivity contribution >= 4 is 15.9 Å². The van der Waals surface area contributed by atoms with E-state index in [9.17, 15) is 0 Å². The molecule has 1 aromatic carbocycles. The molecule has 0 saturated carbocycles. The van der Waals surface area contributed by atoms with Crippen molar-refractivity contribution < 1.29 is 0 Å². The quantitative estimate of drug-likeness (QED) is 0.880. The van der Waals surface area contributed by atoms with Crippen LogP contribution in [0.2, 0.25) is 0 Å². The van der Waals surface area contributed by atoms with E-state index in [0.29, 0.717) is 12.0 Å². The molecule has 15 heavy (non-hydrogen) atoms. The van der Waals surface area contributed by atoms with Gasteiger partial charge in [-0.2, -0.15) is 0 Å². The summed E-state index contributed by atoms with van der Waals surface area (Å²) in [6, 6.07) is 8.93. The lowest BCUT2D eigenvalue weighted by Gasteiger charge is -2.23. The lowest BCUT2D eigenvalue weighted by atomic mass is 9.92. The zero-order valence-electron chi connectivity index (χ0n) is 8.96. The Morgan fingerprint density at radius 2 is 2.27 bits per heavy atom. The van der Waals surface area contributed by atoms with E-state index < -0.39 is 0 Å². The van der Waals surface area contributed by atoms with Crippen LogP contribution in [0.3, 0.4) is 0 Å². The van der Waals surface area contributed by atoms with Crippen LogP contribution in [-0.4, -0.2) is 20.1 Å². The van der Waals surface area contributed by atoms with E-state index in [1.807, 2.05) is 7.05 Å². The number of halogens is 1. The minimum absolute atomic E-state index is 0.454. The minimum Gasteiger partial charge on any atom is -0.316 e. The fraction of sp³-hybridized carbons (Fsp3) is 0.500. The Morgan fingerprint density at radius 3 is 2.87 bits per heavy atom. The molecule has 2 atom stereocenters. The van der Waals surface area contributed by atoms with E-state index in [1.54, 1.807) is 0 Å². The zero-order valence-corrected chi connectivity index (χ0v) is 10.5. The largest absolute Gasteiger partial charge is 0.316 e. The molecule has 2 N–H and O–H groups in total. The van der Waals surface area contributed by atoms with Crippen molar-refractivity contribution in [1.82, 2.24) is 10.6 Å². The van der Waals surface area contributed by atoms with E-state index in [4.69, 9.17) is 0 Å². The summed E-state index contributed by atoms with van der Waals surface area (Å²) in [5.74, 6) is 0.702. The van der Waals surface area contributed by atoms with Crippen molar-refractivity contribution in [3.05, 3.63) is 34.3 Å². The van der Waals surface area contributed by atoms with Gasteiger partial charge in [-0.05, 0) is 44.1 Å². The highest BCUT2D eigenvalue weighted by atomic mass is 79.9. The van der Waals surface area contributed by atoms with E-state index in [0.717, 1.165) is 13.1 Å². The van der Waals surface area contributed by atoms with Gasteiger partial charge < -0.3 is 10.6 Å². The van der Waals surface area contributed by atoms with Gasteiger partial charge in [0.1, 0.15) is 0 Å². The first-order valence-electron chi connectivity index (χ1n) is 5.45. The molecule has 1 heterocycles. The molecule has 0 amide bonds. The van der Waals surface area contributed by atoms with E-state index >= 15 is 0 Å². The average Bonchev–Trinajstić information content (AvgIpc) is 2.75. The highest BCUT2D eigenvalue weighted by molar-refractivity contribution is 9.10. The van der Waals surface area contributed by atoms with E-state index in [2.05, 4.69) is 50.8 Å². The first-order valence-corrected chi connectivity index (χ1v) is 6.24. The lowest BCUT2D eigenvalue weighted by molar-refractivity contribution is 0.409. The van der Waals surface area contributed by atoms with Crippen LogP contribution >= 0.6 is 15.9 Å². The Hall–Kier alpha value is -0.380. The summed E-state index contributed by atoms with van der Waals surface area (Å²) >= 11 is 3.62. The van der Waals surface area contributed by atoms with E-state index in [1.165, 1.54) is 16.5 Å². The smallest absolute Gasteiger partial charge is 0.0370 e. The number of rotatable bonds is 3. The maximum atomic E-state index is 3.62. The van der Waals surface area contributed by atoms with Crippen LogP contribution < -0.4 is 10.6 Å². The number of benzene rings is 1. The summed E-state index contributed by atoms with van der Waals surface area (Å²) in [5.41, 5.74) is 1.37. The maximum absolute atomic E-state index is 3.62. The van der Waals surface area contributed by atoms with Gasteiger partial charge in [-0.15, -0.1) is 0 Å². The third-order valence-corrected chi connectivity index (χ3v) is 3.84. The molecule has 2 unspecified atom stereocenters. The second-order valence-electron chi connectivity index (χ2n) is 4.04. The molecule has 1 aliphatic heterocycles. The molecule has 1 aliphatic rings. The third kappa shape index (κ3) is 2.41. The molecule has 1 aromatic rings. The highest BCUT2D eigenvalue weighted by Crippen LogP contribution is 2.31. The topological polar surface area (TPSA) is 24.1 Å². The first kappa shape index (κ1) is 11.1. The molecule has 1 saturated heterocycles. The molecular weight excluding hydrogens is 252 g/mol.